The Bertz CT molecular complexity index is 433. The van der Waals surface area contributed by atoms with Crippen LogP contribution in [0.5, 0.6) is 0 Å². The van der Waals surface area contributed by atoms with Crippen molar-refractivity contribution in [3.8, 4) is 0 Å². The molecular weight excluding hydrogens is 236 g/mol. The average molecular weight is 262 g/mol. The van der Waals surface area contributed by atoms with Crippen LogP contribution in [0.25, 0.3) is 0 Å². The Kier molecular flexibility index (Phi) is 5.64. The lowest BCUT2D eigenvalue weighted by Crippen LogP contribution is -2.30. The summed E-state index contributed by atoms with van der Waals surface area (Å²) in [6.07, 6.45) is 10.5. The molecule has 2 rings (SSSR count). The first-order valence-corrected chi connectivity index (χ1v) is 7.73. The van der Waals surface area contributed by atoms with Crippen LogP contribution in [0.4, 0.5) is 0 Å². The smallest absolute Gasteiger partial charge is 0.255 e. The molecule has 1 heterocycles. The third-order valence-corrected chi connectivity index (χ3v) is 4.04. The van der Waals surface area contributed by atoms with Gasteiger partial charge in [0.15, 0.2) is 0 Å². The first-order valence-electron chi connectivity index (χ1n) is 7.73. The van der Waals surface area contributed by atoms with E-state index >= 15 is 0 Å². The predicted molar refractivity (Wildman–Crippen MR) is 79.4 cm³/mol. The second-order valence-electron chi connectivity index (χ2n) is 5.57. The quantitative estimate of drug-likeness (QED) is 0.799. The van der Waals surface area contributed by atoms with Crippen molar-refractivity contribution < 1.29 is 0 Å². The minimum Gasteiger partial charge on any atom is -0.312 e. The van der Waals surface area contributed by atoms with Gasteiger partial charge in [0.1, 0.15) is 0 Å². The molecular formula is C16H26N2O. The number of hydrogen-bond donors (Lipinski definition) is 1. The first-order chi connectivity index (χ1) is 9.33. The molecule has 0 atom stereocenters. The highest BCUT2D eigenvalue weighted by atomic mass is 16.1. The summed E-state index contributed by atoms with van der Waals surface area (Å²) in [5, 5.41) is 3.36. The third kappa shape index (κ3) is 3.93. The van der Waals surface area contributed by atoms with Crippen molar-refractivity contribution in [3.05, 3.63) is 34.2 Å². The van der Waals surface area contributed by atoms with E-state index in [0.29, 0.717) is 12.6 Å². The SMILES string of the molecule is CCCCNCc1cccn(C2CCCCC2)c1=O. The van der Waals surface area contributed by atoms with Gasteiger partial charge in [-0.25, -0.2) is 0 Å². The molecule has 0 unspecified atom stereocenters. The van der Waals surface area contributed by atoms with Crippen molar-refractivity contribution in [2.75, 3.05) is 6.54 Å². The van der Waals surface area contributed by atoms with Crippen LogP contribution in [0, 0.1) is 0 Å². The lowest BCUT2D eigenvalue weighted by Gasteiger charge is -2.24. The molecule has 3 heteroatoms. The highest BCUT2D eigenvalue weighted by molar-refractivity contribution is 5.11. The molecule has 0 amide bonds. The number of hydrogen-bond acceptors (Lipinski definition) is 2. The Labute approximate surface area is 116 Å². The molecule has 0 aromatic carbocycles. The zero-order valence-electron chi connectivity index (χ0n) is 12.0. The standard InChI is InChI=1S/C16H26N2O/c1-2-3-11-17-13-14-8-7-12-18(16(14)19)15-9-5-4-6-10-15/h7-8,12,15,17H,2-6,9-11,13H2,1H3. The van der Waals surface area contributed by atoms with Crippen LogP contribution in [0.3, 0.4) is 0 Å². The van der Waals surface area contributed by atoms with Crippen LogP contribution >= 0.6 is 0 Å². The Hall–Kier alpha value is -1.09. The summed E-state index contributed by atoms with van der Waals surface area (Å²) in [6, 6.07) is 4.41. The molecule has 1 aliphatic carbocycles. The Balaban J connectivity index is 2.02. The van der Waals surface area contributed by atoms with Gasteiger partial charge in [0, 0.05) is 24.3 Å². The van der Waals surface area contributed by atoms with Crippen LogP contribution in [-0.2, 0) is 6.54 Å². The van der Waals surface area contributed by atoms with Crippen LogP contribution in [0.15, 0.2) is 23.1 Å². The number of aromatic nitrogens is 1. The summed E-state index contributed by atoms with van der Waals surface area (Å²) in [4.78, 5) is 12.5. The first kappa shape index (κ1) is 14.3. The minimum absolute atomic E-state index is 0.207. The molecule has 1 aromatic heterocycles. The van der Waals surface area contributed by atoms with Crippen molar-refractivity contribution in [2.45, 2.75) is 64.5 Å². The lowest BCUT2D eigenvalue weighted by molar-refractivity contribution is 0.345. The van der Waals surface area contributed by atoms with E-state index in [4.69, 9.17) is 0 Å². The van der Waals surface area contributed by atoms with Gasteiger partial charge in [-0.05, 0) is 31.9 Å². The van der Waals surface area contributed by atoms with Crippen molar-refractivity contribution in [2.24, 2.45) is 0 Å². The largest absolute Gasteiger partial charge is 0.312 e. The van der Waals surface area contributed by atoms with Gasteiger partial charge >= 0.3 is 0 Å². The van der Waals surface area contributed by atoms with Crippen LogP contribution in [0.1, 0.15) is 63.5 Å². The fourth-order valence-electron chi connectivity index (χ4n) is 2.86. The van der Waals surface area contributed by atoms with Gasteiger partial charge < -0.3 is 9.88 Å². The van der Waals surface area contributed by atoms with E-state index < -0.39 is 0 Å². The van der Waals surface area contributed by atoms with Crippen molar-refractivity contribution in [1.82, 2.24) is 9.88 Å². The zero-order chi connectivity index (χ0) is 13.5. The van der Waals surface area contributed by atoms with E-state index in [0.717, 1.165) is 24.9 Å². The number of nitrogens with one attached hydrogen (secondary N) is 1. The van der Waals surface area contributed by atoms with Crippen molar-refractivity contribution in [1.29, 1.82) is 0 Å². The third-order valence-electron chi connectivity index (χ3n) is 4.04. The summed E-state index contributed by atoms with van der Waals surface area (Å²) in [5.74, 6) is 0. The highest BCUT2D eigenvalue weighted by Crippen LogP contribution is 2.26. The molecule has 1 N–H and O–H groups in total. The molecule has 0 saturated heterocycles. The maximum absolute atomic E-state index is 12.5. The van der Waals surface area contributed by atoms with Gasteiger partial charge in [-0.1, -0.05) is 38.7 Å². The van der Waals surface area contributed by atoms with E-state index in [-0.39, 0.29) is 5.56 Å². The van der Waals surface area contributed by atoms with Crippen molar-refractivity contribution in [3.63, 3.8) is 0 Å². The van der Waals surface area contributed by atoms with Crippen LogP contribution in [-0.4, -0.2) is 11.1 Å². The number of rotatable bonds is 6. The van der Waals surface area contributed by atoms with Crippen molar-refractivity contribution >= 4 is 0 Å². The van der Waals surface area contributed by atoms with Crippen LogP contribution < -0.4 is 10.9 Å². The van der Waals surface area contributed by atoms with Crippen LogP contribution in [0.2, 0.25) is 0 Å². The fraction of sp³-hybridized carbons (Fsp3) is 0.688. The molecule has 3 nitrogen and oxygen atoms in total. The normalized spacial score (nSPS) is 16.7. The Morgan fingerprint density at radius 1 is 1.32 bits per heavy atom. The number of nitrogens with zero attached hydrogens (tertiary/aromatic N) is 1. The molecule has 106 valence electrons. The molecule has 1 aromatic rings. The molecule has 0 radical (unpaired) electrons. The second-order valence-corrected chi connectivity index (χ2v) is 5.57. The van der Waals surface area contributed by atoms with E-state index in [1.54, 1.807) is 0 Å². The maximum atomic E-state index is 12.5. The second kappa shape index (κ2) is 7.49. The zero-order valence-corrected chi connectivity index (χ0v) is 12.0. The van der Waals surface area contributed by atoms with Gasteiger partial charge in [0.25, 0.3) is 5.56 Å². The summed E-state index contributed by atoms with van der Waals surface area (Å²) >= 11 is 0. The molecule has 19 heavy (non-hydrogen) atoms. The Morgan fingerprint density at radius 3 is 2.84 bits per heavy atom. The predicted octanol–water partition coefficient (Wildman–Crippen LogP) is 3.24. The molecule has 1 fully saturated rings. The fourth-order valence-corrected chi connectivity index (χ4v) is 2.86. The van der Waals surface area contributed by atoms with E-state index in [1.807, 2.05) is 22.9 Å². The van der Waals surface area contributed by atoms with E-state index in [1.165, 1.54) is 32.1 Å². The average Bonchev–Trinajstić information content (AvgIpc) is 2.46. The monoisotopic (exact) mass is 262 g/mol. The summed E-state index contributed by atoms with van der Waals surface area (Å²) in [7, 11) is 0. The lowest BCUT2D eigenvalue weighted by atomic mass is 9.95. The van der Waals surface area contributed by atoms with Gasteiger partial charge in [-0.2, -0.15) is 0 Å². The van der Waals surface area contributed by atoms with Gasteiger partial charge in [0.05, 0.1) is 0 Å². The Morgan fingerprint density at radius 2 is 2.11 bits per heavy atom. The molecule has 0 bridgehead atoms. The maximum Gasteiger partial charge on any atom is 0.255 e. The van der Waals surface area contributed by atoms with Gasteiger partial charge in [0.2, 0.25) is 0 Å². The van der Waals surface area contributed by atoms with E-state index in [9.17, 15) is 4.79 Å². The topological polar surface area (TPSA) is 34.0 Å². The molecule has 1 saturated carbocycles. The number of pyridine rings is 1. The van der Waals surface area contributed by atoms with E-state index in [2.05, 4.69) is 12.2 Å². The summed E-state index contributed by atoms with van der Waals surface area (Å²) < 4.78 is 1.97. The van der Waals surface area contributed by atoms with Gasteiger partial charge in [-0.15, -0.1) is 0 Å². The highest BCUT2D eigenvalue weighted by Gasteiger charge is 2.16. The van der Waals surface area contributed by atoms with Gasteiger partial charge in [-0.3, -0.25) is 4.79 Å². The number of unbranched alkanes of at least 4 members (excludes halogenated alkanes) is 1. The molecule has 1 aliphatic rings. The summed E-state index contributed by atoms with van der Waals surface area (Å²) in [6.45, 7) is 3.88. The molecule has 0 aliphatic heterocycles. The minimum atomic E-state index is 0.207. The summed E-state index contributed by atoms with van der Waals surface area (Å²) in [5.41, 5.74) is 1.11. The molecule has 0 spiro atoms.